The van der Waals surface area contributed by atoms with Crippen molar-refractivity contribution in [2.75, 3.05) is 7.11 Å². The van der Waals surface area contributed by atoms with Crippen molar-refractivity contribution in [2.24, 2.45) is 10.9 Å². The first kappa shape index (κ1) is 23.7. The monoisotopic (exact) mass is 487 g/mol. The molecule has 3 heterocycles. The number of rotatable bonds is 8. The van der Waals surface area contributed by atoms with Gasteiger partial charge in [-0.1, -0.05) is 0 Å². The number of nitrogens with one attached hydrogen (secondary N) is 1. The molecule has 1 fully saturated rings. The molecular formula is C27H29N5O4. The van der Waals surface area contributed by atoms with Gasteiger partial charge in [-0.2, -0.15) is 5.10 Å². The van der Waals surface area contributed by atoms with Crippen LogP contribution in [0, 0.1) is 5.92 Å². The standard InChI is InChI=1S/C27H29N5O4/c1-35-21-10-4-18(5-11-21)26-30-27(32-31-26)20-6-12-23(28-16-20)19-7-13-24(29-15-19)36-22-8-2-17(3-9-22)14-25(33)34/h4-5,7,10-11,13,15-17,22H,2-3,6,8-9,12,14H2,1H3,(H,33,34)(H,30,31,32). The van der Waals surface area contributed by atoms with E-state index >= 15 is 0 Å². The molecule has 5 rings (SSSR count). The molecule has 0 saturated heterocycles. The second-order valence-corrected chi connectivity index (χ2v) is 9.21. The Bertz CT molecular complexity index is 1260. The van der Waals surface area contributed by atoms with E-state index in [1.165, 1.54) is 0 Å². The number of carbonyl (C=O) groups is 1. The van der Waals surface area contributed by atoms with E-state index in [4.69, 9.17) is 14.6 Å². The Labute approximate surface area is 209 Å². The summed E-state index contributed by atoms with van der Waals surface area (Å²) in [5.41, 5.74) is 3.87. The zero-order valence-corrected chi connectivity index (χ0v) is 20.2. The number of allylic oxidation sites excluding steroid dienone is 1. The minimum atomic E-state index is -0.719. The fourth-order valence-corrected chi connectivity index (χ4v) is 4.70. The number of aliphatic carboxylic acids is 1. The Kier molecular flexibility index (Phi) is 7.06. The van der Waals surface area contributed by atoms with Crippen molar-refractivity contribution in [3.8, 4) is 23.0 Å². The molecule has 186 valence electrons. The van der Waals surface area contributed by atoms with Gasteiger partial charge in [-0.25, -0.2) is 9.97 Å². The lowest BCUT2D eigenvalue weighted by molar-refractivity contribution is -0.138. The summed E-state index contributed by atoms with van der Waals surface area (Å²) in [6.07, 6.45) is 9.03. The van der Waals surface area contributed by atoms with E-state index in [2.05, 4.69) is 25.2 Å². The van der Waals surface area contributed by atoms with Gasteiger partial charge in [-0.3, -0.25) is 14.9 Å². The highest BCUT2D eigenvalue weighted by atomic mass is 16.5. The molecule has 2 aliphatic rings. The number of H-pyrrole nitrogens is 1. The van der Waals surface area contributed by atoms with Gasteiger partial charge in [0.1, 0.15) is 11.9 Å². The first-order valence-electron chi connectivity index (χ1n) is 12.2. The van der Waals surface area contributed by atoms with E-state index in [9.17, 15) is 4.79 Å². The van der Waals surface area contributed by atoms with Gasteiger partial charge in [0, 0.05) is 47.3 Å². The molecule has 0 amide bonds. The lowest BCUT2D eigenvalue weighted by Crippen LogP contribution is -2.25. The highest BCUT2D eigenvalue weighted by molar-refractivity contribution is 6.02. The maximum atomic E-state index is 10.9. The fourth-order valence-electron chi connectivity index (χ4n) is 4.70. The number of aromatic amines is 1. The van der Waals surface area contributed by atoms with Crippen LogP contribution in [0.1, 0.15) is 56.3 Å². The molecule has 36 heavy (non-hydrogen) atoms. The fraction of sp³-hybridized carbons (Fsp3) is 0.370. The van der Waals surface area contributed by atoms with Crippen molar-refractivity contribution < 1.29 is 19.4 Å². The molecule has 3 aromatic rings. The van der Waals surface area contributed by atoms with Crippen LogP contribution in [0.3, 0.4) is 0 Å². The molecule has 2 aromatic heterocycles. The van der Waals surface area contributed by atoms with Crippen molar-refractivity contribution in [1.29, 1.82) is 0 Å². The minimum Gasteiger partial charge on any atom is -0.497 e. The number of methoxy groups -OCH3 is 1. The van der Waals surface area contributed by atoms with Crippen molar-refractivity contribution in [1.82, 2.24) is 20.2 Å². The van der Waals surface area contributed by atoms with Crippen molar-refractivity contribution in [2.45, 2.75) is 51.0 Å². The van der Waals surface area contributed by atoms with Gasteiger partial charge in [0.15, 0.2) is 11.6 Å². The third kappa shape index (κ3) is 5.62. The van der Waals surface area contributed by atoms with Crippen LogP contribution in [-0.2, 0) is 4.79 Å². The highest BCUT2D eigenvalue weighted by Crippen LogP contribution is 2.30. The smallest absolute Gasteiger partial charge is 0.303 e. The summed E-state index contributed by atoms with van der Waals surface area (Å²) >= 11 is 0. The van der Waals surface area contributed by atoms with Crippen LogP contribution in [0.25, 0.3) is 17.0 Å². The van der Waals surface area contributed by atoms with Gasteiger partial charge in [0.2, 0.25) is 5.88 Å². The highest BCUT2D eigenvalue weighted by Gasteiger charge is 2.24. The van der Waals surface area contributed by atoms with Gasteiger partial charge in [-0.15, -0.1) is 0 Å². The Hall–Kier alpha value is -4.01. The predicted octanol–water partition coefficient (Wildman–Crippen LogP) is 4.91. The van der Waals surface area contributed by atoms with Crippen LogP contribution in [0.2, 0.25) is 0 Å². The summed E-state index contributed by atoms with van der Waals surface area (Å²) in [5, 5.41) is 16.4. The summed E-state index contributed by atoms with van der Waals surface area (Å²) in [5.74, 6) is 2.29. The predicted molar refractivity (Wildman–Crippen MR) is 135 cm³/mol. The molecule has 9 heteroatoms. The van der Waals surface area contributed by atoms with Gasteiger partial charge in [-0.05, 0) is 74.8 Å². The quantitative estimate of drug-likeness (QED) is 0.463. The van der Waals surface area contributed by atoms with E-state index < -0.39 is 5.97 Å². The molecule has 0 bridgehead atoms. The number of hydrogen-bond donors (Lipinski definition) is 2. The molecule has 9 nitrogen and oxygen atoms in total. The average Bonchev–Trinajstić information content (AvgIpc) is 3.41. The maximum absolute atomic E-state index is 10.9. The van der Waals surface area contributed by atoms with Crippen LogP contribution >= 0.6 is 0 Å². The molecule has 0 unspecified atom stereocenters. The zero-order chi connectivity index (χ0) is 24.9. The molecule has 1 aromatic carbocycles. The van der Waals surface area contributed by atoms with E-state index in [1.54, 1.807) is 13.3 Å². The third-order valence-electron chi connectivity index (χ3n) is 6.76. The Morgan fingerprint density at radius 1 is 1.06 bits per heavy atom. The van der Waals surface area contributed by atoms with E-state index in [1.807, 2.05) is 42.6 Å². The van der Waals surface area contributed by atoms with E-state index in [0.29, 0.717) is 17.5 Å². The summed E-state index contributed by atoms with van der Waals surface area (Å²) in [7, 11) is 1.64. The van der Waals surface area contributed by atoms with Crippen molar-refractivity contribution in [3.05, 3.63) is 60.2 Å². The number of ether oxygens (including phenoxy) is 2. The molecule has 1 aliphatic carbocycles. The second-order valence-electron chi connectivity index (χ2n) is 9.21. The van der Waals surface area contributed by atoms with Crippen molar-refractivity contribution in [3.63, 3.8) is 0 Å². The van der Waals surface area contributed by atoms with Gasteiger partial charge >= 0.3 is 5.97 Å². The third-order valence-corrected chi connectivity index (χ3v) is 6.76. The number of carboxylic acids is 1. The van der Waals surface area contributed by atoms with Gasteiger partial charge < -0.3 is 14.6 Å². The number of pyridine rings is 1. The minimum absolute atomic E-state index is 0.0927. The number of benzene rings is 1. The molecule has 1 aliphatic heterocycles. The second kappa shape index (κ2) is 10.7. The van der Waals surface area contributed by atoms with E-state index in [0.717, 1.165) is 66.7 Å². The van der Waals surface area contributed by atoms with Crippen molar-refractivity contribution >= 4 is 17.3 Å². The SMILES string of the molecule is COc1ccc(-c2nc(C3=CN=C(c4ccc(OC5CCC(CC(=O)O)CC5)nc4)CC3)n[nH]2)cc1. The number of aliphatic imine (C=N–C) groups is 1. The number of nitrogens with zero attached hydrogens (tertiary/aromatic N) is 4. The lowest BCUT2D eigenvalue weighted by atomic mass is 9.85. The van der Waals surface area contributed by atoms with Crippen LogP contribution in [0.15, 0.2) is 53.8 Å². The Balaban J connectivity index is 1.18. The first-order valence-corrected chi connectivity index (χ1v) is 12.2. The molecular weight excluding hydrogens is 458 g/mol. The summed E-state index contributed by atoms with van der Waals surface area (Å²) < 4.78 is 11.2. The summed E-state index contributed by atoms with van der Waals surface area (Å²) in [6, 6.07) is 11.6. The number of hydrogen-bond acceptors (Lipinski definition) is 7. The van der Waals surface area contributed by atoms with Gasteiger partial charge in [0.05, 0.1) is 7.11 Å². The first-order chi connectivity index (χ1) is 17.6. The van der Waals surface area contributed by atoms with Crippen LogP contribution in [0.4, 0.5) is 0 Å². The zero-order valence-electron chi connectivity index (χ0n) is 20.2. The normalized spacial score (nSPS) is 19.8. The molecule has 0 radical (unpaired) electrons. The topological polar surface area (TPSA) is 123 Å². The lowest BCUT2D eigenvalue weighted by Gasteiger charge is -2.27. The van der Waals surface area contributed by atoms with Gasteiger partial charge in [0.25, 0.3) is 0 Å². The molecule has 0 atom stereocenters. The largest absolute Gasteiger partial charge is 0.497 e. The molecule has 1 saturated carbocycles. The summed E-state index contributed by atoms with van der Waals surface area (Å²) in [6.45, 7) is 0. The molecule has 0 spiro atoms. The molecule has 2 N–H and O–H groups in total. The number of carboxylic acid groups (broad SMARTS) is 1. The Morgan fingerprint density at radius 3 is 2.47 bits per heavy atom. The Morgan fingerprint density at radius 2 is 1.83 bits per heavy atom. The van der Waals surface area contributed by atoms with E-state index in [-0.39, 0.29) is 18.4 Å². The van der Waals surface area contributed by atoms with Crippen LogP contribution in [0.5, 0.6) is 11.6 Å². The van der Waals surface area contributed by atoms with Crippen LogP contribution in [-0.4, -0.2) is 50.2 Å². The average molecular weight is 488 g/mol. The summed E-state index contributed by atoms with van der Waals surface area (Å²) in [4.78, 5) is 24.7. The maximum Gasteiger partial charge on any atom is 0.303 e. The van der Waals surface area contributed by atoms with Crippen LogP contribution < -0.4 is 9.47 Å². The number of aromatic nitrogens is 4.